The molecule has 0 aliphatic carbocycles. The fraction of sp³-hybridized carbons (Fsp3) is 0.250. The highest BCUT2D eigenvalue weighted by Crippen LogP contribution is 2.21. The van der Waals surface area contributed by atoms with Crippen molar-refractivity contribution in [2.24, 2.45) is 0 Å². The summed E-state index contributed by atoms with van der Waals surface area (Å²) in [7, 11) is 0. The summed E-state index contributed by atoms with van der Waals surface area (Å²) in [4.78, 5) is 38.8. The third-order valence-electron chi connectivity index (χ3n) is 5.48. The van der Waals surface area contributed by atoms with E-state index in [-0.39, 0.29) is 11.7 Å². The molecule has 0 N–H and O–H groups in total. The first kappa shape index (κ1) is 22.4. The van der Waals surface area contributed by atoms with Gasteiger partial charge in [0.2, 0.25) is 5.78 Å². The average Bonchev–Trinajstić information content (AvgIpc) is 3.06. The van der Waals surface area contributed by atoms with Crippen LogP contribution in [0.4, 0.5) is 5.82 Å². The number of pyridine rings is 2. The highest BCUT2D eigenvalue weighted by molar-refractivity contribution is 9.10. The lowest BCUT2D eigenvalue weighted by atomic mass is 10.1. The van der Waals surface area contributed by atoms with E-state index in [1.165, 1.54) is 0 Å². The van der Waals surface area contributed by atoms with Crippen LogP contribution in [0.25, 0.3) is 0 Å². The summed E-state index contributed by atoms with van der Waals surface area (Å²) in [5.74, 6) is 0.499. The van der Waals surface area contributed by atoms with E-state index in [2.05, 4.69) is 30.8 Å². The SMILES string of the molecule is Cc1ncc(Br)cc1C(=O)c1cccc(N2CCCN(C(=O)c3ccccc3Cl)CC2)n1. The van der Waals surface area contributed by atoms with Gasteiger partial charge in [-0.15, -0.1) is 0 Å². The number of carbonyl (C=O) groups excluding carboxylic acids is 2. The van der Waals surface area contributed by atoms with E-state index >= 15 is 0 Å². The minimum absolute atomic E-state index is 0.0630. The molecule has 1 aliphatic heterocycles. The number of nitrogens with zero attached hydrogens (tertiary/aromatic N) is 4. The molecule has 0 radical (unpaired) electrons. The van der Waals surface area contributed by atoms with Gasteiger partial charge in [0.1, 0.15) is 11.5 Å². The van der Waals surface area contributed by atoms with Crippen LogP contribution in [0.3, 0.4) is 0 Å². The number of hydrogen-bond acceptors (Lipinski definition) is 5. The molecule has 0 atom stereocenters. The van der Waals surface area contributed by atoms with Crippen molar-refractivity contribution in [3.05, 3.63) is 86.7 Å². The highest BCUT2D eigenvalue weighted by atomic mass is 79.9. The van der Waals surface area contributed by atoms with Crippen molar-refractivity contribution in [3.8, 4) is 0 Å². The van der Waals surface area contributed by atoms with Gasteiger partial charge in [-0.05, 0) is 59.6 Å². The normalized spacial score (nSPS) is 14.2. The van der Waals surface area contributed by atoms with Crippen LogP contribution in [0, 0.1) is 6.92 Å². The Labute approximate surface area is 200 Å². The first-order valence-electron chi connectivity index (χ1n) is 10.4. The summed E-state index contributed by atoms with van der Waals surface area (Å²) in [6.07, 6.45) is 2.47. The first-order chi connectivity index (χ1) is 15.4. The molecule has 0 unspecified atom stereocenters. The third-order valence-corrected chi connectivity index (χ3v) is 6.24. The lowest BCUT2D eigenvalue weighted by molar-refractivity contribution is 0.0767. The van der Waals surface area contributed by atoms with Crippen LogP contribution in [0.5, 0.6) is 0 Å². The minimum atomic E-state index is -0.163. The second kappa shape index (κ2) is 9.79. The molecule has 1 saturated heterocycles. The summed E-state index contributed by atoms with van der Waals surface area (Å²) >= 11 is 9.59. The van der Waals surface area contributed by atoms with Gasteiger partial charge < -0.3 is 9.80 Å². The fourth-order valence-corrected chi connectivity index (χ4v) is 4.30. The number of rotatable bonds is 4. The number of amides is 1. The molecule has 32 heavy (non-hydrogen) atoms. The molecule has 2 aromatic heterocycles. The van der Waals surface area contributed by atoms with Crippen molar-refractivity contribution in [1.29, 1.82) is 0 Å². The lowest BCUT2D eigenvalue weighted by Gasteiger charge is -2.23. The highest BCUT2D eigenvalue weighted by Gasteiger charge is 2.23. The Balaban J connectivity index is 1.50. The van der Waals surface area contributed by atoms with Gasteiger partial charge in [0.15, 0.2) is 0 Å². The summed E-state index contributed by atoms with van der Waals surface area (Å²) in [5, 5.41) is 0.462. The van der Waals surface area contributed by atoms with Crippen molar-refractivity contribution in [3.63, 3.8) is 0 Å². The molecule has 0 spiro atoms. The van der Waals surface area contributed by atoms with Gasteiger partial charge in [-0.1, -0.05) is 29.8 Å². The molecule has 8 heteroatoms. The number of aryl methyl sites for hydroxylation is 1. The van der Waals surface area contributed by atoms with Crippen molar-refractivity contribution in [2.75, 3.05) is 31.1 Å². The van der Waals surface area contributed by atoms with Crippen molar-refractivity contribution >= 4 is 45.0 Å². The predicted octanol–water partition coefficient (Wildman–Crippen LogP) is 4.78. The molecule has 3 heterocycles. The Bertz CT molecular complexity index is 1170. The Morgan fingerprint density at radius 3 is 2.62 bits per heavy atom. The van der Waals surface area contributed by atoms with Crippen LogP contribution in [0.2, 0.25) is 5.02 Å². The molecular weight excluding hydrogens is 492 g/mol. The van der Waals surface area contributed by atoms with Gasteiger partial charge in [-0.25, -0.2) is 4.98 Å². The number of hydrogen-bond donors (Lipinski definition) is 0. The molecule has 3 aromatic rings. The standard InChI is InChI=1S/C24H22BrClN4O2/c1-16-19(14-17(25)15-27-16)23(31)21-8-4-9-22(28-21)29-10-5-11-30(13-12-29)24(32)18-6-2-3-7-20(18)26/h2-4,6-9,14-15H,5,10-13H2,1H3. The van der Waals surface area contributed by atoms with Crippen LogP contribution in [-0.2, 0) is 0 Å². The topological polar surface area (TPSA) is 66.4 Å². The lowest BCUT2D eigenvalue weighted by Crippen LogP contribution is -2.35. The minimum Gasteiger partial charge on any atom is -0.355 e. The fourth-order valence-electron chi connectivity index (χ4n) is 3.76. The number of benzene rings is 1. The molecule has 1 aliphatic rings. The summed E-state index contributed by atoms with van der Waals surface area (Å²) in [6, 6.07) is 14.3. The number of halogens is 2. The molecule has 0 bridgehead atoms. The summed E-state index contributed by atoms with van der Waals surface area (Å²) < 4.78 is 0.749. The van der Waals surface area contributed by atoms with Crippen molar-refractivity contribution in [2.45, 2.75) is 13.3 Å². The second-order valence-electron chi connectivity index (χ2n) is 7.61. The van der Waals surface area contributed by atoms with Crippen LogP contribution >= 0.6 is 27.5 Å². The summed E-state index contributed by atoms with van der Waals surface area (Å²) in [5.41, 5.74) is 2.08. The molecule has 1 amide bonds. The predicted molar refractivity (Wildman–Crippen MR) is 129 cm³/mol. The van der Waals surface area contributed by atoms with Crippen LogP contribution in [0.15, 0.2) is 59.2 Å². The van der Waals surface area contributed by atoms with E-state index in [9.17, 15) is 9.59 Å². The third kappa shape index (κ3) is 4.84. The van der Waals surface area contributed by atoms with Gasteiger partial charge in [0.05, 0.1) is 10.6 Å². The van der Waals surface area contributed by atoms with E-state index in [0.717, 1.165) is 23.3 Å². The molecular formula is C24H22BrClN4O2. The molecule has 164 valence electrons. The van der Waals surface area contributed by atoms with Crippen molar-refractivity contribution < 1.29 is 9.59 Å². The van der Waals surface area contributed by atoms with Gasteiger partial charge in [-0.2, -0.15) is 0 Å². The van der Waals surface area contributed by atoms with Gasteiger partial charge >= 0.3 is 0 Å². The Morgan fingerprint density at radius 1 is 1.00 bits per heavy atom. The number of aromatic nitrogens is 2. The van der Waals surface area contributed by atoms with Crippen molar-refractivity contribution in [1.82, 2.24) is 14.9 Å². The maximum Gasteiger partial charge on any atom is 0.255 e. The monoisotopic (exact) mass is 512 g/mol. The number of anilines is 1. The second-order valence-corrected chi connectivity index (χ2v) is 8.93. The molecule has 4 rings (SSSR count). The largest absolute Gasteiger partial charge is 0.355 e. The zero-order valence-electron chi connectivity index (χ0n) is 17.6. The quantitative estimate of drug-likeness (QED) is 0.470. The van der Waals surface area contributed by atoms with Gasteiger partial charge in [0.25, 0.3) is 5.91 Å². The van der Waals surface area contributed by atoms with Crippen LogP contribution in [0.1, 0.15) is 38.5 Å². The van der Waals surface area contributed by atoms with E-state index in [0.29, 0.717) is 47.2 Å². The Hall–Kier alpha value is -2.77. The van der Waals surface area contributed by atoms with Gasteiger partial charge in [0, 0.05) is 48.1 Å². The number of carbonyl (C=O) groups is 2. The molecule has 6 nitrogen and oxygen atoms in total. The maximum absolute atomic E-state index is 13.0. The Morgan fingerprint density at radius 2 is 1.81 bits per heavy atom. The number of ketones is 1. The average molecular weight is 514 g/mol. The van der Waals surface area contributed by atoms with E-state index in [4.69, 9.17) is 11.6 Å². The zero-order valence-corrected chi connectivity index (χ0v) is 19.9. The smallest absolute Gasteiger partial charge is 0.255 e. The van der Waals surface area contributed by atoms with E-state index < -0.39 is 0 Å². The summed E-state index contributed by atoms with van der Waals surface area (Å²) in [6.45, 7) is 4.37. The van der Waals surface area contributed by atoms with E-state index in [1.807, 2.05) is 36.1 Å². The first-order valence-corrected chi connectivity index (χ1v) is 11.5. The Kier molecular flexibility index (Phi) is 6.86. The molecule has 0 saturated carbocycles. The zero-order chi connectivity index (χ0) is 22.7. The van der Waals surface area contributed by atoms with Gasteiger partial charge in [-0.3, -0.25) is 14.6 Å². The van der Waals surface area contributed by atoms with Crippen LogP contribution < -0.4 is 4.90 Å². The molecule has 1 aromatic carbocycles. The molecule has 1 fully saturated rings. The van der Waals surface area contributed by atoms with Crippen LogP contribution in [-0.4, -0.2) is 52.7 Å². The van der Waals surface area contributed by atoms with E-state index in [1.54, 1.807) is 30.5 Å². The maximum atomic E-state index is 13.0.